The Bertz CT molecular complexity index is 1440. The largest absolute Gasteiger partial charge is 0.496 e. The van der Waals surface area contributed by atoms with Crippen molar-refractivity contribution in [2.75, 3.05) is 14.2 Å². The van der Waals surface area contributed by atoms with E-state index in [-0.39, 0.29) is 44.2 Å². The molecule has 1 aliphatic carbocycles. The number of carbonyl (C=O) groups is 4. The van der Waals surface area contributed by atoms with E-state index in [1.165, 1.54) is 39.3 Å². The fraction of sp³-hybridized carbons (Fsp3) is 0.143. The van der Waals surface area contributed by atoms with Gasteiger partial charge in [0.05, 0.1) is 35.8 Å². The van der Waals surface area contributed by atoms with Crippen LogP contribution in [-0.4, -0.2) is 37.7 Å². The maximum Gasteiger partial charge on any atom is 0.338 e. The Morgan fingerprint density at radius 1 is 0.833 bits per heavy atom. The topological polar surface area (TPSA) is 96.0 Å². The lowest BCUT2D eigenvalue weighted by molar-refractivity contribution is -0.131. The molecule has 0 N–H and O–H groups in total. The van der Waals surface area contributed by atoms with Gasteiger partial charge in [0.1, 0.15) is 11.5 Å². The van der Waals surface area contributed by atoms with Crippen molar-refractivity contribution in [1.29, 1.82) is 0 Å². The fourth-order valence-corrected chi connectivity index (χ4v) is 5.05. The predicted molar refractivity (Wildman–Crippen MR) is 135 cm³/mol. The number of benzene rings is 3. The van der Waals surface area contributed by atoms with Crippen LogP contribution in [0.15, 0.2) is 70.5 Å². The second kappa shape index (κ2) is 10.2. The van der Waals surface area contributed by atoms with Crippen molar-refractivity contribution in [2.45, 2.75) is 18.7 Å². The number of aryl methyl sites for hydroxylation is 1. The molecule has 0 bridgehead atoms. The van der Waals surface area contributed by atoms with Crippen molar-refractivity contribution in [3.05, 3.63) is 93.4 Å². The molecule has 0 saturated heterocycles. The third-order valence-corrected chi connectivity index (χ3v) is 6.60. The summed E-state index contributed by atoms with van der Waals surface area (Å²) in [6, 6.07) is 16.8. The standard InChI is InChI=1S/C28H22O7S/c1-15-13-19(28(32)34-4)22(21(14-15)33-3)24-25(30)18-11-8-12-20(35-16(2)29)23(18)26(31)27(24)36-17-9-6-5-7-10-17/h5-14H,1-4H3. The number of esters is 2. The molecule has 3 aromatic carbocycles. The number of fused-ring (bicyclic) bond motifs is 1. The van der Waals surface area contributed by atoms with Crippen LogP contribution >= 0.6 is 11.8 Å². The number of Topliss-reactive ketones (excluding diaryl/α,β-unsaturated/α-hetero) is 2. The maximum atomic E-state index is 14.0. The molecule has 182 valence electrons. The van der Waals surface area contributed by atoms with Crippen LogP contribution in [0.3, 0.4) is 0 Å². The van der Waals surface area contributed by atoms with Gasteiger partial charge < -0.3 is 14.2 Å². The zero-order valence-corrected chi connectivity index (χ0v) is 20.9. The summed E-state index contributed by atoms with van der Waals surface area (Å²) in [5.74, 6) is -2.08. The van der Waals surface area contributed by atoms with Crippen LogP contribution in [0.5, 0.6) is 11.5 Å². The molecule has 0 fully saturated rings. The first-order valence-electron chi connectivity index (χ1n) is 10.9. The van der Waals surface area contributed by atoms with Crippen LogP contribution in [0.2, 0.25) is 0 Å². The van der Waals surface area contributed by atoms with Crippen LogP contribution in [0.25, 0.3) is 5.57 Å². The van der Waals surface area contributed by atoms with Gasteiger partial charge in [0, 0.05) is 22.9 Å². The lowest BCUT2D eigenvalue weighted by Gasteiger charge is -2.25. The molecule has 4 rings (SSSR count). The van der Waals surface area contributed by atoms with Crippen LogP contribution in [-0.2, 0) is 9.53 Å². The third kappa shape index (κ3) is 4.55. The third-order valence-electron chi connectivity index (χ3n) is 5.50. The average Bonchev–Trinajstić information content (AvgIpc) is 2.87. The Hall–Kier alpha value is -4.17. The van der Waals surface area contributed by atoms with Gasteiger partial charge in [-0.25, -0.2) is 4.79 Å². The molecule has 8 heteroatoms. The molecule has 0 saturated carbocycles. The Kier molecular flexibility index (Phi) is 7.07. The second-order valence-electron chi connectivity index (χ2n) is 7.93. The number of thioether (sulfide) groups is 1. The van der Waals surface area contributed by atoms with Crippen LogP contribution < -0.4 is 9.47 Å². The number of allylic oxidation sites excluding steroid dienone is 2. The Morgan fingerprint density at radius 2 is 1.56 bits per heavy atom. The quantitative estimate of drug-likeness (QED) is 0.331. The highest BCUT2D eigenvalue weighted by Crippen LogP contribution is 2.46. The number of rotatable bonds is 6. The summed E-state index contributed by atoms with van der Waals surface area (Å²) in [5, 5.41) is 0. The van der Waals surface area contributed by atoms with Gasteiger partial charge in [-0.15, -0.1) is 0 Å². The van der Waals surface area contributed by atoms with Gasteiger partial charge in [0.15, 0.2) is 5.78 Å². The highest BCUT2D eigenvalue weighted by Gasteiger charge is 2.39. The summed E-state index contributed by atoms with van der Waals surface area (Å²) in [6.07, 6.45) is 0. The van der Waals surface area contributed by atoms with Gasteiger partial charge in [-0.05, 0) is 42.8 Å². The zero-order valence-electron chi connectivity index (χ0n) is 20.0. The maximum absolute atomic E-state index is 14.0. The van der Waals surface area contributed by atoms with E-state index in [4.69, 9.17) is 14.2 Å². The van der Waals surface area contributed by atoms with Gasteiger partial charge in [-0.3, -0.25) is 14.4 Å². The molecule has 1 aliphatic rings. The van der Waals surface area contributed by atoms with Gasteiger partial charge in [-0.2, -0.15) is 0 Å². The summed E-state index contributed by atoms with van der Waals surface area (Å²) in [7, 11) is 2.66. The molecule has 0 amide bonds. The van der Waals surface area contributed by atoms with E-state index in [0.717, 1.165) is 11.8 Å². The molecule has 0 atom stereocenters. The molecular formula is C28H22O7S. The Labute approximate surface area is 212 Å². The minimum atomic E-state index is -0.678. The first-order chi connectivity index (χ1) is 17.3. The number of carbonyl (C=O) groups excluding carboxylic acids is 4. The number of methoxy groups -OCH3 is 2. The highest BCUT2D eigenvalue weighted by molar-refractivity contribution is 8.04. The van der Waals surface area contributed by atoms with E-state index < -0.39 is 23.5 Å². The van der Waals surface area contributed by atoms with E-state index in [1.54, 1.807) is 31.2 Å². The normalized spacial score (nSPS) is 12.8. The molecular weight excluding hydrogens is 480 g/mol. The molecule has 36 heavy (non-hydrogen) atoms. The van der Waals surface area contributed by atoms with Crippen molar-refractivity contribution < 1.29 is 33.4 Å². The fourth-order valence-electron chi connectivity index (χ4n) is 4.03. The monoisotopic (exact) mass is 502 g/mol. The van der Waals surface area contributed by atoms with Crippen molar-refractivity contribution in [3.8, 4) is 11.5 Å². The van der Waals surface area contributed by atoms with Gasteiger partial charge in [0.2, 0.25) is 5.78 Å². The Morgan fingerprint density at radius 3 is 2.19 bits per heavy atom. The molecule has 0 heterocycles. The summed E-state index contributed by atoms with van der Waals surface area (Å²) in [4.78, 5) is 53.3. The smallest absolute Gasteiger partial charge is 0.338 e. The van der Waals surface area contributed by atoms with E-state index >= 15 is 0 Å². The lowest BCUT2D eigenvalue weighted by Crippen LogP contribution is -2.23. The van der Waals surface area contributed by atoms with Crippen LogP contribution in [0.4, 0.5) is 0 Å². The zero-order chi connectivity index (χ0) is 26.0. The van der Waals surface area contributed by atoms with Crippen molar-refractivity contribution in [3.63, 3.8) is 0 Å². The average molecular weight is 503 g/mol. The summed E-state index contributed by atoms with van der Waals surface area (Å²) >= 11 is 1.08. The summed E-state index contributed by atoms with van der Waals surface area (Å²) < 4.78 is 15.8. The molecule has 3 aromatic rings. The number of hydrogen-bond acceptors (Lipinski definition) is 8. The highest BCUT2D eigenvalue weighted by atomic mass is 32.2. The minimum absolute atomic E-state index is 0.00683. The molecule has 0 radical (unpaired) electrons. The van der Waals surface area contributed by atoms with Crippen molar-refractivity contribution in [2.24, 2.45) is 0 Å². The van der Waals surface area contributed by atoms with E-state index in [9.17, 15) is 19.2 Å². The SMILES string of the molecule is COC(=O)c1cc(C)cc(OC)c1C1=C(Sc2ccccc2)C(=O)c2c(OC(C)=O)cccc2C1=O. The van der Waals surface area contributed by atoms with E-state index in [0.29, 0.717) is 10.5 Å². The van der Waals surface area contributed by atoms with Gasteiger partial charge in [-0.1, -0.05) is 42.1 Å². The Balaban J connectivity index is 2.08. The summed E-state index contributed by atoms with van der Waals surface area (Å²) in [5.41, 5.74) is 1.03. The van der Waals surface area contributed by atoms with E-state index in [2.05, 4.69) is 0 Å². The molecule has 7 nitrogen and oxygen atoms in total. The second-order valence-corrected chi connectivity index (χ2v) is 9.01. The molecule has 0 unspecified atom stereocenters. The summed E-state index contributed by atoms with van der Waals surface area (Å²) in [6.45, 7) is 3.00. The van der Waals surface area contributed by atoms with Crippen LogP contribution in [0, 0.1) is 6.92 Å². The van der Waals surface area contributed by atoms with Gasteiger partial charge in [0.25, 0.3) is 0 Å². The first-order valence-corrected chi connectivity index (χ1v) is 11.7. The van der Waals surface area contributed by atoms with Crippen LogP contribution in [0.1, 0.15) is 49.1 Å². The molecule has 0 aliphatic heterocycles. The van der Waals surface area contributed by atoms with Crippen molar-refractivity contribution in [1.82, 2.24) is 0 Å². The predicted octanol–water partition coefficient (Wildman–Crippen LogP) is 5.30. The number of ether oxygens (including phenoxy) is 3. The lowest BCUT2D eigenvalue weighted by atomic mass is 9.83. The first kappa shape index (κ1) is 24.9. The number of hydrogen-bond donors (Lipinski definition) is 0. The molecule has 0 aromatic heterocycles. The van der Waals surface area contributed by atoms with Crippen molar-refractivity contribution >= 4 is 40.8 Å². The molecule has 0 spiro atoms. The van der Waals surface area contributed by atoms with E-state index in [1.807, 2.05) is 18.2 Å². The minimum Gasteiger partial charge on any atom is -0.496 e. The number of ketones is 2. The van der Waals surface area contributed by atoms with Gasteiger partial charge >= 0.3 is 11.9 Å².